The van der Waals surface area contributed by atoms with Gasteiger partial charge in [-0.2, -0.15) is 0 Å². The second-order valence-electron chi connectivity index (χ2n) is 3.60. The Morgan fingerprint density at radius 2 is 2.07 bits per heavy atom. The van der Waals surface area contributed by atoms with Crippen molar-refractivity contribution in [2.75, 3.05) is 5.88 Å². The minimum Gasteiger partial charge on any atom is -0.207 e. The third-order valence-electron chi connectivity index (χ3n) is 2.38. The number of hydrogen-bond acceptors (Lipinski definition) is 0. The summed E-state index contributed by atoms with van der Waals surface area (Å²) in [7, 11) is 0. The molecule has 0 N–H and O–H groups in total. The SMILES string of the molecule is CCCC(CCl)Cc1ccccc1F. The fourth-order valence-corrected chi connectivity index (χ4v) is 1.88. The summed E-state index contributed by atoms with van der Waals surface area (Å²) in [6.45, 7) is 2.13. The summed E-state index contributed by atoms with van der Waals surface area (Å²) in [6, 6.07) is 6.93. The van der Waals surface area contributed by atoms with Crippen molar-refractivity contribution in [1.29, 1.82) is 0 Å². The van der Waals surface area contributed by atoms with Crippen molar-refractivity contribution in [2.45, 2.75) is 26.2 Å². The molecule has 0 saturated carbocycles. The summed E-state index contributed by atoms with van der Waals surface area (Å²) in [6.07, 6.45) is 2.92. The topological polar surface area (TPSA) is 0 Å². The molecule has 0 nitrogen and oxygen atoms in total. The van der Waals surface area contributed by atoms with E-state index < -0.39 is 0 Å². The second kappa shape index (κ2) is 6.02. The van der Waals surface area contributed by atoms with Crippen molar-refractivity contribution in [1.82, 2.24) is 0 Å². The summed E-state index contributed by atoms with van der Waals surface area (Å²) in [5, 5.41) is 0. The highest BCUT2D eigenvalue weighted by Gasteiger charge is 2.09. The first-order valence-corrected chi connectivity index (χ1v) is 5.60. The van der Waals surface area contributed by atoms with E-state index in [9.17, 15) is 4.39 Å². The van der Waals surface area contributed by atoms with Gasteiger partial charge in [0.25, 0.3) is 0 Å². The maximum Gasteiger partial charge on any atom is 0.126 e. The Hall–Kier alpha value is -0.560. The Bertz CT molecular complexity index is 273. The molecular formula is C12H16ClF. The highest BCUT2D eigenvalue weighted by Crippen LogP contribution is 2.17. The van der Waals surface area contributed by atoms with E-state index >= 15 is 0 Å². The maximum absolute atomic E-state index is 13.3. The van der Waals surface area contributed by atoms with Crippen molar-refractivity contribution in [3.63, 3.8) is 0 Å². The lowest BCUT2D eigenvalue weighted by molar-refractivity contribution is 0.509. The fraction of sp³-hybridized carbons (Fsp3) is 0.500. The molecule has 1 aromatic carbocycles. The largest absolute Gasteiger partial charge is 0.207 e. The molecule has 0 saturated heterocycles. The lowest BCUT2D eigenvalue weighted by Crippen LogP contribution is -2.07. The minimum atomic E-state index is -0.112. The Balaban J connectivity index is 2.62. The van der Waals surface area contributed by atoms with Gasteiger partial charge in [-0.25, -0.2) is 4.39 Å². The Labute approximate surface area is 90.1 Å². The zero-order valence-corrected chi connectivity index (χ0v) is 9.23. The predicted octanol–water partition coefficient (Wildman–Crippen LogP) is 4.02. The second-order valence-corrected chi connectivity index (χ2v) is 3.91. The number of alkyl halides is 1. The number of rotatable bonds is 5. The molecule has 0 aliphatic heterocycles. The van der Waals surface area contributed by atoms with E-state index in [-0.39, 0.29) is 5.82 Å². The van der Waals surface area contributed by atoms with Crippen LogP contribution in [0.1, 0.15) is 25.3 Å². The van der Waals surface area contributed by atoms with Gasteiger partial charge in [0, 0.05) is 5.88 Å². The van der Waals surface area contributed by atoms with E-state index in [2.05, 4.69) is 6.92 Å². The highest BCUT2D eigenvalue weighted by molar-refractivity contribution is 6.18. The molecule has 0 heterocycles. The van der Waals surface area contributed by atoms with Crippen molar-refractivity contribution in [2.24, 2.45) is 5.92 Å². The van der Waals surface area contributed by atoms with Gasteiger partial charge in [0.15, 0.2) is 0 Å². The Kier molecular flexibility index (Phi) is 4.95. The third kappa shape index (κ3) is 3.30. The first-order valence-electron chi connectivity index (χ1n) is 5.07. The Morgan fingerprint density at radius 1 is 1.36 bits per heavy atom. The van der Waals surface area contributed by atoms with Crippen LogP contribution in [-0.4, -0.2) is 5.88 Å². The van der Waals surface area contributed by atoms with Crippen molar-refractivity contribution in [3.8, 4) is 0 Å². The number of benzene rings is 1. The summed E-state index contributed by atoms with van der Waals surface area (Å²) in [5.41, 5.74) is 0.784. The molecule has 0 fully saturated rings. The van der Waals surface area contributed by atoms with Crippen molar-refractivity contribution in [3.05, 3.63) is 35.6 Å². The lowest BCUT2D eigenvalue weighted by Gasteiger charge is -2.12. The fourth-order valence-electron chi connectivity index (χ4n) is 1.62. The van der Waals surface area contributed by atoms with E-state index in [0.717, 1.165) is 24.8 Å². The van der Waals surface area contributed by atoms with E-state index in [0.29, 0.717) is 11.8 Å². The average Bonchev–Trinajstić information content (AvgIpc) is 2.20. The molecule has 0 amide bonds. The first kappa shape index (κ1) is 11.5. The van der Waals surface area contributed by atoms with Crippen LogP contribution in [-0.2, 0) is 6.42 Å². The van der Waals surface area contributed by atoms with Gasteiger partial charge < -0.3 is 0 Å². The van der Waals surface area contributed by atoms with Crippen LogP contribution >= 0.6 is 11.6 Å². The van der Waals surface area contributed by atoms with Gasteiger partial charge in [-0.3, -0.25) is 0 Å². The standard InChI is InChI=1S/C12H16ClF/c1-2-5-10(9-13)8-11-6-3-4-7-12(11)14/h3-4,6-7,10H,2,5,8-9H2,1H3. The minimum absolute atomic E-state index is 0.112. The first-order chi connectivity index (χ1) is 6.77. The van der Waals surface area contributed by atoms with E-state index in [1.54, 1.807) is 6.07 Å². The van der Waals surface area contributed by atoms with E-state index in [1.807, 2.05) is 12.1 Å². The quantitative estimate of drug-likeness (QED) is 0.650. The maximum atomic E-state index is 13.3. The smallest absolute Gasteiger partial charge is 0.126 e. The molecule has 1 rings (SSSR count). The van der Waals surface area contributed by atoms with Crippen LogP contribution in [0, 0.1) is 11.7 Å². The van der Waals surface area contributed by atoms with Crippen LogP contribution in [0.25, 0.3) is 0 Å². The molecule has 1 aromatic rings. The highest BCUT2D eigenvalue weighted by atomic mass is 35.5. The summed E-state index contributed by atoms with van der Waals surface area (Å²) < 4.78 is 13.3. The van der Waals surface area contributed by atoms with Gasteiger partial charge in [-0.15, -0.1) is 11.6 Å². The summed E-state index contributed by atoms with van der Waals surface area (Å²) in [4.78, 5) is 0. The van der Waals surface area contributed by atoms with Crippen LogP contribution in [0.15, 0.2) is 24.3 Å². The summed E-state index contributed by atoms with van der Waals surface area (Å²) in [5.74, 6) is 0.902. The van der Waals surface area contributed by atoms with Crippen LogP contribution in [0.5, 0.6) is 0 Å². The van der Waals surface area contributed by atoms with Crippen LogP contribution in [0.4, 0.5) is 4.39 Å². The average molecular weight is 215 g/mol. The monoisotopic (exact) mass is 214 g/mol. The van der Waals surface area contributed by atoms with Gasteiger partial charge in [-0.1, -0.05) is 31.5 Å². The zero-order valence-electron chi connectivity index (χ0n) is 8.47. The summed E-state index contributed by atoms with van der Waals surface area (Å²) >= 11 is 5.83. The van der Waals surface area contributed by atoms with Gasteiger partial charge in [0.2, 0.25) is 0 Å². The zero-order chi connectivity index (χ0) is 10.4. The molecule has 0 aliphatic rings. The van der Waals surface area contributed by atoms with Crippen molar-refractivity contribution < 1.29 is 4.39 Å². The van der Waals surface area contributed by atoms with Gasteiger partial charge in [-0.05, 0) is 30.4 Å². The normalized spacial score (nSPS) is 12.8. The molecule has 0 aliphatic carbocycles. The molecular weight excluding hydrogens is 199 g/mol. The van der Waals surface area contributed by atoms with Crippen LogP contribution in [0.3, 0.4) is 0 Å². The third-order valence-corrected chi connectivity index (χ3v) is 2.82. The van der Waals surface area contributed by atoms with Gasteiger partial charge >= 0.3 is 0 Å². The van der Waals surface area contributed by atoms with Gasteiger partial charge in [0.05, 0.1) is 0 Å². The predicted molar refractivity (Wildman–Crippen MR) is 59.2 cm³/mol. The van der Waals surface area contributed by atoms with E-state index in [4.69, 9.17) is 11.6 Å². The number of hydrogen-bond donors (Lipinski definition) is 0. The van der Waals surface area contributed by atoms with E-state index in [1.165, 1.54) is 6.07 Å². The molecule has 0 spiro atoms. The molecule has 1 unspecified atom stereocenters. The molecule has 2 heteroatoms. The molecule has 0 aromatic heterocycles. The molecule has 0 radical (unpaired) electrons. The number of halogens is 2. The molecule has 1 atom stereocenters. The molecule has 14 heavy (non-hydrogen) atoms. The van der Waals surface area contributed by atoms with Crippen molar-refractivity contribution >= 4 is 11.6 Å². The van der Waals surface area contributed by atoms with Crippen LogP contribution < -0.4 is 0 Å². The van der Waals surface area contributed by atoms with Gasteiger partial charge in [0.1, 0.15) is 5.82 Å². The van der Waals surface area contributed by atoms with Crippen LogP contribution in [0.2, 0.25) is 0 Å². The lowest BCUT2D eigenvalue weighted by atomic mass is 9.96. The molecule has 0 bridgehead atoms. The Morgan fingerprint density at radius 3 is 2.64 bits per heavy atom. The molecule has 78 valence electrons.